The summed E-state index contributed by atoms with van der Waals surface area (Å²) in [5, 5.41) is 0. The van der Waals surface area contributed by atoms with Gasteiger partial charge in [0.1, 0.15) is 5.75 Å². The van der Waals surface area contributed by atoms with E-state index in [9.17, 15) is 4.79 Å². The van der Waals surface area contributed by atoms with E-state index in [1.807, 2.05) is 17.0 Å². The monoisotopic (exact) mass is 337 g/mol. The molecular formula is C16H20BrNO2. The van der Waals surface area contributed by atoms with Gasteiger partial charge in [0.05, 0.1) is 16.3 Å². The zero-order chi connectivity index (χ0) is 14.3. The van der Waals surface area contributed by atoms with E-state index in [0.29, 0.717) is 6.10 Å². The Hall–Kier alpha value is -1.03. The van der Waals surface area contributed by atoms with Gasteiger partial charge in [0.15, 0.2) is 0 Å². The molecule has 2 aliphatic rings. The Morgan fingerprint density at radius 3 is 2.70 bits per heavy atom. The number of hydrogen-bond acceptors (Lipinski definition) is 2. The zero-order valence-corrected chi connectivity index (χ0v) is 13.6. The molecule has 0 N–H and O–H groups in total. The number of rotatable bonds is 2. The van der Waals surface area contributed by atoms with Crippen molar-refractivity contribution in [2.24, 2.45) is 0 Å². The summed E-state index contributed by atoms with van der Waals surface area (Å²) in [5.74, 6) is 1.06. The summed E-state index contributed by atoms with van der Waals surface area (Å²) in [4.78, 5) is 13.8. The maximum Gasteiger partial charge on any atom is 0.224 e. The van der Waals surface area contributed by atoms with E-state index in [1.165, 1.54) is 12.0 Å². The molecule has 4 heteroatoms. The highest BCUT2D eigenvalue weighted by atomic mass is 79.9. The van der Waals surface area contributed by atoms with E-state index >= 15 is 0 Å². The Kier molecular flexibility index (Phi) is 3.76. The molecule has 0 aromatic heterocycles. The van der Waals surface area contributed by atoms with Crippen molar-refractivity contribution >= 4 is 27.5 Å². The molecule has 0 spiro atoms. The Bertz CT molecular complexity index is 540. The van der Waals surface area contributed by atoms with Crippen LogP contribution in [0.3, 0.4) is 0 Å². The van der Waals surface area contributed by atoms with Gasteiger partial charge in [-0.1, -0.05) is 0 Å². The van der Waals surface area contributed by atoms with Crippen molar-refractivity contribution in [2.75, 3.05) is 4.90 Å². The Labute approximate surface area is 128 Å². The minimum atomic E-state index is 0.107. The second kappa shape index (κ2) is 5.40. The third kappa shape index (κ3) is 2.34. The van der Waals surface area contributed by atoms with Crippen LogP contribution >= 0.6 is 15.9 Å². The van der Waals surface area contributed by atoms with E-state index in [2.05, 4.69) is 22.9 Å². The fourth-order valence-electron chi connectivity index (χ4n) is 3.04. The molecule has 1 aliphatic carbocycles. The van der Waals surface area contributed by atoms with Crippen LogP contribution in [0.1, 0.15) is 45.1 Å². The number of halogens is 1. The van der Waals surface area contributed by atoms with Crippen LogP contribution in [0, 0.1) is 0 Å². The molecule has 3 rings (SSSR count). The molecule has 1 heterocycles. The number of nitrogens with zero attached hydrogens (tertiary/aromatic N) is 1. The first-order chi connectivity index (χ1) is 9.58. The van der Waals surface area contributed by atoms with Crippen molar-refractivity contribution in [3.63, 3.8) is 0 Å². The number of carbonyl (C=O) groups is 1. The van der Waals surface area contributed by atoms with Crippen LogP contribution in [0.2, 0.25) is 0 Å². The first-order valence-electron chi connectivity index (χ1n) is 7.35. The standard InChI is InChI=1S/C16H20BrNO2/c1-10-6-7-13-15(18(10)11(2)19)9-8-14(17)16(13)20-12-4-3-5-12/h8-10,12H,3-7H2,1-2H3/t10-/m0/s1. The van der Waals surface area contributed by atoms with Gasteiger partial charge in [0.25, 0.3) is 0 Å². The van der Waals surface area contributed by atoms with E-state index < -0.39 is 0 Å². The minimum Gasteiger partial charge on any atom is -0.489 e. The molecule has 1 saturated carbocycles. The molecule has 1 amide bonds. The Morgan fingerprint density at radius 1 is 1.35 bits per heavy atom. The summed E-state index contributed by atoms with van der Waals surface area (Å²) in [7, 11) is 0. The van der Waals surface area contributed by atoms with Crippen LogP contribution in [-0.2, 0) is 11.2 Å². The number of hydrogen-bond donors (Lipinski definition) is 0. The van der Waals surface area contributed by atoms with Gasteiger partial charge >= 0.3 is 0 Å². The number of fused-ring (bicyclic) bond motifs is 1. The molecule has 0 radical (unpaired) electrons. The van der Waals surface area contributed by atoms with E-state index in [-0.39, 0.29) is 11.9 Å². The SMILES string of the molecule is CC(=O)N1c2ccc(Br)c(OC3CCC3)c2CC[C@@H]1C. The van der Waals surface area contributed by atoms with Crippen molar-refractivity contribution in [2.45, 2.75) is 58.1 Å². The molecule has 1 aromatic rings. The lowest BCUT2D eigenvalue weighted by molar-refractivity contribution is -0.117. The normalized spacial score (nSPS) is 22.1. The molecule has 0 bridgehead atoms. The summed E-state index contributed by atoms with van der Waals surface area (Å²) < 4.78 is 7.16. The maximum atomic E-state index is 11.9. The lowest BCUT2D eigenvalue weighted by Crippen LogP contribution is -2.41. The predicted molar refractivity (Wildman–Crippen MR) is 83.4 cm³/mol. The summed E-state index contributed by atoms with van der Waals surface area (Å²) in [6.07, 6.45) is 5.86. The van der Waals surface area contributed by atoms with Crippen molar-refractivity contribution in [1.29, 1.82) is 0 Å². The maximum absolute atomic E-state index is 11.9. The zero-order valence-electron chi connectivity index (χ0n) is 12.0. The number of anilines is 1. The van der Waals surface area contributed by atoms with Gasteiger partial charge < -0.3 is 9.64 Å². The van der Waals surface area contributed by atoms with Crippen LogP contribution < -0.4 is 9.64 Å². The van der Waals surface area contributed by atoms with Gasteiger partial charge in [-0.2, -0.15) is 0 Å². The molecule has 1 aliphatic heterocycles. The summed E-state index contributed by atoms with van der Waals surface area (Å²) in [5.41, 5.74) is 2.20. The van der Waals surface area contributed by atoms with E-state index in [0.717, 1.165) is 41.6 Å². The predicted octanol–water partition coefficient (Wildman–Crippen LogP) is 4.07. The lowest BCUT2D eigenvalue weighted by Gasteiger charge is -2.37. The van der Waals surface area contributed by atoms with Gasteiger partial charge in [0.2, 0.25) is 5.91 Å². The minimum absolute atomic E-state index is 0.107. The van der Waals surface area contributed by atoms with Crippen molar-refractivity contribution < 1.29 is 9.53 Å². The van der Waals surface area contributed by atoms with E-state index in [1.54, 1.807) is 6.92 Å². The lowest BCUT2D eigenvalue weighted by atomic mass is 9.94. The molecule has 1 fully saturated rings. The number of benzene rings is 1. The second-order valence-electron chi connectivity index (χ2n) is 5.82. The molecule has 0 unspecified atom stereocenters. The highest BCUT2D eigenvalue weighted by Gasteiger charge is 2.30. The average molecular weight is 338 g/mol. The van der Waals surface area contributed by atoms with Gasteiger partial charge in [-0.3, -0.25) is 4.79 Å². The highest BCUT2D eigenvalue weighted by molar-refractivity contribution is 9.10. The van der Waals surface area contributed by atoms with Crippen LogP contribution in [-0.4, -0.2) is 18.1 Å². The molecule has 0 saturated heterocycles. The topological polar surface area (TPSA) is 29.5 Å². The van der Waals surface area contributed by atoms with Crippen molar-refractivity contribution in [3.8, 4) is 5.75 Å². The summed E-state index contributed by atoms with van der Waals surface area (Å²) >= 11 is 3.60. The smallest absolute Gasteiger partial charge is 0.224 e. The third-order valence-corrected chi connectivity index (χ3v) is 5.00. The number of carbonyl (C=O) groups excluding carboxylic acids is 1. The fraction of sp³-hybridized carbons (Fsp3) is 0.562. The molecular weight excluding hydrogens is 318 g/mol. The molecule has 1 atom stereocenters. The quantitative estimate of drug-likeness (QED) is 0.814. The van der Waals surface area contributed by atoms with Crippen molar-refractivity contribution in [1.82, 2.24) is 0 Å². The third-order valence-electron chi connectivity index (χ3n) is 4.38. The first kappa shape index (κ1) is 13.9. The van der Waals surface area contributed by atoms with Crippen LogP contribution in [0.5, 0.6) is 5.75 Å². The Balaban J connectivity index is 2.01. The van der Waals surface area contributed by atoms with Crippen LogP contribution in [0.25, 0.3) is 0 Å². The van der Waals surface area contributed by atoms with Crippen LogP contribution in [0.4, 0.5) is 5.69 Å². The summed E-state index contributed by atoms with van der Waals surface area (Å²) in [6.45, 7) is 3.75. The molecule has 1 aromatic carbocycles. The van der Waals surface area contributed by atoms with Gasteiger partial charge in [0, 0.05) is 18.5 Å². The van der Waals surface area contributed by atoms with E-state index in [4.69, 9.17) is 4.74 Å². The largest absolute Gasteiger partial charge is 0.489 e. The van der Waals surface area contributed by atoms with Gasteiger partial charge in [-0.15, -0.1) is 0 Å². The average Bonchev–Trinajstić information content (AvgIpc) is 2.35. The van der Waals surface area contributed by atoms with Gasteiger partial charge in [-0.25, -0.2) is 0 Å². The first-order valence-corrected chi connectivity index (χ1v) is 8.15. The van der Waals surface area contributed by atoms with Gasteiger partial charge in [-0.05, 0) is 67.1 Å². The molecule has 3 nitrogen and oxygen atoms in total. The fourth-order valence-corrected chi connectivity index (χ4v) is 3.50. The van der Waals surface area contributed by atoms with Crippen molar-refractivity contribution in [3.05, 3.63) is 22.2 Å². The number of ether oxygens (including phenoxy) is 1. The summed E-state index contributed by atoms with van der Waals surface area (Å²) in [6, 6.07) is 4.29. The van der Waals surface area contributed by atoms with Crippen LogP contribution in [0.15, 0.2) is 16.6 Å². The molecule has 20 heavy (non-hydrogen) atoms. The Morgan fingerprint density at radius 2 is 2.10 bits per heavy atom. The molecule has 108 valence electrons. The number of amides is 1. The second-order valence-corrected chi connectivity index (χ2v) is 6.68. The highest BCUT2D eigenvalue weighted by Crippen LogP contribution is 2.42.